The van der Waals surface area contributed by atoms with Gasteiger partial charge in [0.2, 0.25) is 0 Å². The standard InChI is InChI=1S/C17H15NO3S2/c1-20-17(19)13-6-4-12(5-7-13)10-22-11-14-9-15(21-18-14)16-3-2-8-23-16/h2-9H,10-11H2,1H3. The van der Waals surface area contributed by atoms with Gasteiger partial charge in [-0.25, -0.2) is 4.79 Å². The van der Waals surface area contributed by atoms with Gasteiger partial charge in [-0.1, -0.05) is 23.4 Å². The second-order valence-corrected chi connectivity index (χ2v) is 6.77. The van der Waals surface area contributed by atoms with Crippen molar-refractivity contribution < 1.29 is 14.1 Å². The van der Waals surface area contributed by atoms with Crippen LogP contribution in [0, 0.1) is 0 Å². The van der Waals surface area contributed by atoms with E-state index in [1.54, 1.807) is 35.2 Å². The van der Waals surface area contributed by atoms with Crippen molar-refractivity contribution in [2.24, 2.45) is 0 Å². The largest absolute Gasteiger partial charge is 0.465 e. The number of esters is 1. The lowest BCUT2D eigenvalue weighted by molar-refractivity contribution is 0.0600. The number of ether oxygens (including phenoxy) is 1. The van der Waals surface area contributed by atoms with Crippen molar-refractivity contribution in [3.8, 4) is 10.6 Å². The molecule has 0 amide bonds. The number of methoxy groups -OCH3 is 1. The van der Waals surface area contributed by atoms with Gasteiger partial charge in [0, 0.05) is 17.6 Å². The summed E-state index contributed by atoms with van der Waals surface area (Å²) in [5.41, 5.74) is 2.66. The van der Waals surface area contributed by atoms with Crippen LogP contribution >= 0.6 is 23.1 Å². The molecule has 4 nitrogen and oxygen atoms in total. The summed E-state index contributed by atoms with van der Waals surface area (Å²) in [4.78, 5) is 12.5. The molecule has 3 rings (SSSR count). The van der Waals surface area contributed by atoms with Crippen LogP contribution in [0.1, 0.15) is 21.6 Å². The number of thioether (sulfide) groups is 1. The third kappa shape index (κ3) is 4.03. The topological polar surface area (TPSA) is 52.3 Å². The van der Waals surface area contributed by atoms with Gasteiger partial charge in [0.05, 0.1) is 23.2 Å². The van der Waals surface area contributed by atoms with Gasteiger partial charge < -0.3 is 9.26 Å². The van der Waals surface area contributed by atoms with Crippen LogP contribution < -0.4 is 0 Å². The Kier molecular flexibility index (Phi) is 5.15. The van der Waals surface area contributed by atoms with Crippen molar-refractivity contribution in [3.63, 3.8) is 0 Å². The number of aromatic nitrogens is 1. The minimum atomic E-state index is -0.312. The molecular formula is C17H15NO3S2. The van der Waals surface area contributed by atoms with Gasteiger partial charge in [-0.15, -0.1) is 11.3 Å². The maximum Gasteiger partial charge on any atom is 0.337 e. The van der Waals surface area contributed by atoms with Gasteiger partial charge in [-0.3, -0.25) is 0 Å². The molecule has 0 aliphatic rings. The van der Waals surface area contributed by atoms with Crippen LogP contribution in [0.4, 0.5) is 0 Å². The van der Waals surface area contributed by atoms with Gasteiger partial charge in [-0.05, 0) is 29.1 Å². The average molecular weight is 345 g/mol. The number of carbonyl (C=O) groups is 1. The first kappa shape index (κ1) is 15.8. The highest BCUT2D eigenvalue weighted by molar-refractivity contribution is 7.97. The second-order valence-electron chi connectivity index (χ2n) is 4.84. The van der Waals surface area contributed by atoms with Crippen LogP contribution in [-0.4, -0.2) is 18.2 Å². The Bertz CT molecular complexity index is 764. The fourth-order valence-corrected chi connectivity index (χ4v) is 3.59. The minimum absolute atomic E-state index is 0.312. The maximum atomic E-state index is 11.4. The molecule has 2 aromatic heterocycles. The summed E-state index contributed by atoms with van der Waals surface area (Å²) >= 11 is 3.39. The molecule has 0 aliphatic heterocycles. The summed E-state index contributed by atoms with van der Waals surface area (Å²) in [5, 5.41) is 6.12. The molecule has 0 N–H and O–H groups in total. The van der Waals surface area contributed by atoms with Gasteiger partial charge >= 0.3 is 5.97 Å². The Hall–Kier alpha value is -2.05. The molecule has 6 heteroatoms. The van der Waals surface area contributed by atoms with Crippen LogP contribution in [0.25, 0.3) is 10.6 Å². The summed E-state index contributed by atoms with van der Waals surface area (Å²) in [6.45, 7) is 0. The summed E-state index contributed by atoms with van der Waals surface area (Å²) in [5.74, 6) is 2.14. The summed E-state index contributed by atoms with van der Waals surface area (Å²) < 4.78 is 10.0. The quantitative estimate of drug-likeness (QED) is 0.610. The van der Waals surface area contributed by atoms with E-state index in [0.29, 0.717) is 5.56 Å². The zero-order valence-electron chi connectivity index (χ0n) is 12.5. The van der Waals surface area contributed by atoms with E-state index in [-0.39, 0.29) is 5.97 Å². The van der Waals surface area contributed by atoms with Crippen LogP contribution in [-0.2, 0) is 16.2 Å². The number of hydrogen-bond donors (Lipinski definition) is 0. The molecule has 0 unspecified atom stereocenters. The van der Waals surface area contributed by atoms with Crippen molar-refractivity contribution in [2.45, 2.75) is 11.5 Å². The molecule has 0 fully saturated rings. The number of benzene rings is 1. The van der Waals surface area contributed by atoms with E-state index in [0.717, 1.165) is 33.4 Å². The number of nitrogens with zero attached hydrogens (tertiary/aromatic N) is 1. The van der Waals surface area contributed by atoms with E-state index in [9.17, 15) is 4.79 Å². The molecule has 0 radical (unpaired) electrons. The highest BCUT2D eigenvalue weighted by Crippen LogP contribution is 2.27. The first-order valence-electron chi connectivity index (χ1n) is 7.01. The van der Waals surface area contributed by atoms with Gasteiger partial charge in [0.15, 0.2) is 5.76 Å². The van der Waals surface area contributed by atoms with E-state index >= 15 is 0 Å². The van der Waals surface area contributed by atoms with Crippen LogP contribution in [0.5, 0.6) is 0 Å². The lowest BCUT2D eigenvalue weighted by Gasteiger charge is -2.02. The highest BCUT2D eigenvalue weighted by Gasteiger charge is 2.08. The predicted octanol–water partition coefficient (Wildman–Crippen LogP) is 4.62. The molecule has 0 aliphatic carbocycles. The van der Waals surface area contributed by atoms with Crippen molar-refractivity contribution in [2.75, 3.05) is 7.11 Å². The van der Waals surface area contributed by atoms with Crippen LogP contribution in [0.3, 0.4) is 0 Å². The molecular weight excluding hydrogens is 330 g/mol. The molecule has 0 saturated carbocycles. The van der Waals surface area contributed by atoms with Crippen molar-refractivity contribution >= 4 is 29.1 Å². The number of hydrogen-bond acceptors (Lipinski definition) is 6. The average Bonchev–Trinajstić information content (AvgIpc) is 3.26. The molecule has 0 spiro atoms. The Morgan fingerprint density at radius 3 is 2.78 bits per heavy atom. The zero-order valence-corrected chi connectivity index (χ0v) is 14.2. The number of thiophene rings is 1. The predicted molar refractivity (Wildman–Crippen MR) is 92.6 cm³/mol. The van der Waals surface area contributed by atoms with Crippen molar-refractivity contribution in [3.05, 3.63) is 64.7 Å². The van der Waals surface area contributed by atoms with Gasteiger partial charge in [-0.2, -0.15) is 11.8 Å². The Morgan fingerprint density at radius 2 is 2.09 bits per heavy atom. The lowest BCUT2D eigenvalue weighted by Crippen LogP contribution is -2.00. The van der Waals surface area contributed by atoms with E-state index in [2.05, 4.69) is 9.89 Å². The fraction of sp³-hybridized carbons (Fsp3) is 0.176. The van der Waals surface area contributed by atoms with Crippen molar-refractivity contribution in [1.82, 2.24) is 5.16 Å². The fourth-order valence-electron chi connectivity index (χ4n) is 2.04. The molecule has 1 aromatic carbocycles. The zero-order chi connectivity index (χ0) is 16.1. The molecule has 23 heavy (non-hydrogen) atoms. The Morgan fingerprint density at radius 1 is 1.26 bits per heavy atom. The SMILES string of the molecule is COC(=O)c1ccc(CSCc2cc(-c3cccs3)on2)cc1. The van der Waals surface area contributed by atoms with Crippen LogP contribution in [0.15, 0.2) is 52.4 Å². The normalized spacial score (nSPS) is 10.7. The maximum absolute atomic E-state index is 11.4. The second kappa shape index (κ2) is 7.48. The van der Waals surface area contributed by atoms with Gasteiger partial charge in [0.25, 0.3) is 0 Å². The molecule has 0 atom stereocenters. The summed E-state index contributed by atoms with van der Waals surface area (Å²) in [6.07, 6.45) is 0. The van der Waals surface area contributed by atoms with E-state index in [1.165, 1.54) is 7.11 Å². The summed E-state index contributed by atoms with van der Waals surface area (Å²) in [7, 11) is 1.38. The van der Waals surface area contributed by atoms with E-state index in [4.69, 9.17) is 4.52 Å². The van der Waals surface area contributed by atoms with Gasteiger partial charge in [0.1, 0.15) is 0 Å². The smallest absolute Gasteiger partial charge is 0.337 e. The third-order valence-electron chi connectivity index (χ3n) is 3.22. The Balaban J connectivity index is 1.52. The molecule has 0 bridgehead atoms. The molecule has 2 heterocycles. The molecule has 0 saturated heterocycles. The van der Waals surface area contributed by atoms with E-state index < -0.39 is 0 Å². The highest BCUT2D eigenvalue weighted by atomic mass is 32.2. The lowest BCUT2D eigenvalue weighted by atomic mass is 10.1. The monoisotopic (exact) mass is 345 g/mol. The number of carbonyl (C=O) groups excluding carboxylic acids is 1. The third-order valence-corrected chi connectivity index (χ3v) is 5.14. The van der Waals surface area contributed by atoms with Crippen LogP contribution in [0.2, 0.25) is 0 Å². The first-order valence-corrected chi connectivity index (χ1v) is 9.04. The summed E-state index contributed by atoms with van der Waals surface area (Å²) in [6, 6.07) is 13.5. The molecule has 3 aromatic rings. The van der Waals surface area contributed by atoms with E-state index in [1.807, 2.05) is 35.7 Å². The minimum Gasteiger partial charge on any atom is -0.465 e. The first-order chi connectivity index (χ1) is 11.3. The molecule has 118 valence electrons. The Labute approximate surface area is 142 Å². The van der Waals surface area contributed by atoms with Crippen molar-refractivity contribution in [1.29, 1.82) is 0 Å². The number of rotatable bonds is 6.